The highest BCUT2D eigenvalue weighted by Crippen LogP contribution is 2.19. The lowest BCUT2D eigenvalue weighted by molar-refractivity contribution is 0.0676. The molecular weight excluding hydrogens is 338 g/mol. The fraction of sp³-hybridized carbons (Fsp3) is 0.471. The third kappa shape index (κ3) is 3.53. The molecule has 25 heavy (non-hydrogen) atoms. The summed E-state index contributed by atoms with van der Waals surface area (Å²) in [5.74, 6) is 0.782. The van der Waals surface area contributed by atoms with E-state index in [1.165, 1.54) is 11.3 Å². The van der Waals surface area contributed by atoms with Gasteiger partial charge in [0.25, 0.3) is 5.91 Å². The number of aryl methyl sites for hydroxylation is 2. The minimum absolute atomic E-state index is 0.0464. The third-order valence-electron chi connectivity index (χ3n) is 4.53. The Morgan fingerprint density at radius 1 is 1.24 bits per heavy atom. The molecule has 0 atom stereocenters. The number of hydrogen-bond donors (Lipinski definition) is 1. The van der Waals surface area contributed by atoms with Gasteiger partial charge in [0.15, 0.2) is 0 Å². The van der Waals surface area contributed by atoms with E-state index in [-0.39, 0.29) is 11.9 Å². The van der Waals surface area contributed by atoms with Crippen LogP contribution in [-0.4, -0.2) is 57.7 Å². The zero-order chi connectivity index (χ0) is 18.0. The minimum atomic E-state index is -0.142. The molecule has 8 heteroatoms. The van der Waals surface area contributed by atoms with Crippen LogP contribution in [-0.2, 0) is 13.5 Å². The first-order valence-corrected chi connectivity index (χ1v) is 9.30. The van der Waals surface area contributed by atoms with Gasteiger partial charge in [-0.1, -0.05) is 13.0 Å². The Morgan fingerprint density at radius 3 is 2.48 bits per heavy atom. The van der Waals surface area contributed by atoms with Crippen LogP contribution in [0.15, 0.2) is 17.5 Å². The number of hydrogen-bond acceptors (Lipinski definition) is 4. The molecular formula is C17H23N5O2S. The summed E-state index contributed by atoms with van der Waals surface area (Å²) in [5.41, 5.74) is 1.99. The largest absolute Gasteiger partial charge is 0.334 e. The van der Waals surface area contributed by atoms with Crippen molar-refractivity contribution in [2.45, 2.75) is 20.3 Å². The summed E-state index contributed by atoms with van der Waals surface area (Å²) < 4.78 is 1.71. The first kappa shape index (κ1) is 17.5. The number of urea groups is 1. The lowest BCUT2D eigenvalue weighted by Gasteiger charge is -2.34. The van der Waals surface area contributed by atoms with Crippen LogP contribution in [0.4, 0.5) is 10.6 Å². The van der Waals surface area contributed by atoms with Crippen LogP contribution in [0.1, 0.15) is 27.9 Å². The fourth-order valence-electron chi connectivity index (χ4n) is 3.05. The van der Waals surface area contributed by atoms with Gasteiger partial charge < -0.3 is 9.80 Å². The van der Waals surface area contributed by atoms with Gasteiger partial charge in [-0.25, -0.2) is 4.79 Å². The molecule has 0 spiro atoms. The number of nitrogens with zero attached hydrogens (tertiary/aromatic N) is 4. The van der Waals surface area contributed by atoms with Gasteiger partial charge in [-0.3, -0.25) is 14.8 Å². The first-order valence-electron chi connectivity index (χ1n) is 8.42. The van der Waals surface area contributed by atoms with Crippen LogP contribution in [0.25, 0.3) is 0 Å². The molecule has 1 aliphatic rings. The lowest BCUT2D eigenvalue weighted by atomic mass is 10.2. The van der Waals surface area contributed by atoms with Crippen molar-refractivity contribution in [1.29, 1.82) is 0 Å². The molecule has 1 aliphatic heterocycles. The Bertz CT molecular complexity index is 760. The van der Waals surface area contributed by atoms with Crippen molar-refractivity contribution in [1.82, 2.24) is 19.6 Å². The second-order valence-corrected chi connectivity index (χ2v) is 7.03. The number of nitrogens with one attached hydrogen (secondary N) is 1. The van der Waals surface area contributed by atoms with Gasteiger partial charge in [0.2, 0.25) is 0 Å². The quantitative estimate of drug-likeness (QED) is 0.912. The SMILES string of the molecule is CCc1nn(C)c(NC(=O)N2CCN(C(=O)c3cccs3)CC2)c1C. The predicted octanol–water partition coefficient (Wildman–Crippen LogP) is 2.34. The Labute approximate surface area is 151 Å². The van der Waals surface area contributed by atoms with Gasteiger partial charge in [-0.05, 0) is 24.8 Å². The van der Waals surface area contributed by atoms with Gasteiger partial charge in [0, 0.05) is 38.8 Å². The molecule has 2 aromatic heterocycles. The van der Waals surface area contributed by atoms with E-state index < -0.39 is 0 Å². The van der Waals surface area contributed by atoms with Gasteiger partial charge >= 0.3 is 6.03 Å². The average Bonchev–Trinajstić information content (AvgIpc) is 3.25. The van der Waals surface area contributed by atoms with Crippen molar-refractivity contribution < 1.29 is 9.59 Å². The van der Waals surface area contributed by atoms with Crippen molar-refractivity contribution >= 4 is 29.1 Å². The highest BCUT2D eigenvalue weighted by Gasteiger charge is 2.26. The zero-order valence-corrected chi connectivity index (χ0v) is 15.6. The van der Waals surface area contributed by atoms with Crippen molar-refractivity contribution in [2.24, 2.45) is 7.05 Å². The number of amides is 3. The monoisotopic (exact) mass is 361 g/mol. The smallest absolute Gasteiger partial charge is 0.323 e. The topological polar surface area (TPSA) is 70.5 Å². The average molecular weight is 361 g/mol. The maximum atomic E-state index is 12.5. The normalized spacial score (nSPS) is 14.7. The van der Waals surface area contributed by atoms with Gasteiger partial charge in [-0.15, -0.1) is 11.3 Å². The Balaban J connectivity index is 1.59. The Hall–Kier alpha value is -2.35. The standard InChI is InChI=1S/C17H23N5O2S/c1-4-13-12(2)15(20(3)19-13)18-17(24)22-9-7-21(8-10-22)16(23)14-6-5-11-25-14/h5-6,11H,4,7-10H2,1-3H3,(H,18,24). The van der Waals surface area contributed by atoms with E-state index in [1.54, 1.807) is 14.5 Å². The molecule has 0 aromatic carbocycles. The number of aromatic nitrogens is 2. The summed E-state index contributed by atoms with van der Waals surface area (Å²) in [4.78, 5) is 29.2. The van der Waals surface area contributed by atoms with Crippen LogP contribution in [0.3, 0.4) is 0 Å². The number of piperazine rings is 1. The Kier molecular flexibility index (Phi) is 5.08. The van der Waals surface area contributed by atoms with E-state index in [2.05, 4.69) is 10.4 Å². The van der Waals surface area contributed by atoms with Crippen LogP contribution < -0.4 is 5.32 Å². The van der Waals surface area contributed by atoms with Crippen molar-refractivity contribution in [3.05, 3.63) is 33.6 Å². The second kappa shape index (κ2) is 7.26. The molecule has 1 saturated heterocycles. The van der Waals surface area contributed by atoms with Crippen LogP contribution >= 0.6 is 11.3 Å². The predicted molar refractivity (Wildman–Crippen MR) is 98.1 cm³/mol. The first-order chi connectivity index (χ1) is 12.0. The van der Waals surface area contributed by atoms with E-state index >= 15 is 0 Å². The number of carbonyl (C=O) groups excluding carboxylic acids is 2. The lowest BCUT2D eigenvalue weighted by Crippen LogP contribution is -2.51. The summed E-state index contributed by atoms with van der Waals surface area (Å²) in [6.07, 6.45) is 0.832. The van der Waals surface area contributed by atoms with E-state index in [9.17, 15) is 9.59 Å². The number of rotatable bonds is 3. The van der Waals surface area contributed by atoms with Gasteiger partial charge in [-0.2, -0.15) is 5.10 Å². The molecule has 0 aliphatic carbocycles. The molecule has 7 nitrogen and oxygen atoms in total. The van der Waals surface area contributed by atoms with E-state index in [0.717, 1.165) is 28.4 Å². The third-order valence-corrected chi connectivity index (χ3v) is 5.39. The Morgan fingerprint density at radius 2 is 1.92 bits per heavy atom. The minimum Gasteiger partial charge on any atom is -0.334 e. The molecule has 0 unspecified atom stereocenters. The molecule has 2 aromatic rings. The molecule has 0 saturated carbocycles. The molecule has 3 amide bonds. The van der Waals surface area contributed by atoms with Crippen molar-refractivity contribution in [3.63, 3.8) is 0 Å². The van der Waals surface area contributed by atoms with Gasteiger partial charge in [0.1, 0.15) is 5.82 Å². The molecule has 0 bridgehead atoms. The van der Waals surface area contributed by atoms with E-state index in [4.69, 9.17) is 0 Å². The van der Waals surface area contributed by atoms with Crippen LogP contribution in [0.2, 0.25) is 0 Å². The van der Waals surface area contributed by atoms with E-state index in [1.807, 2.05) is 38.4 Å². The molecule has 3 heterocycles. The summed E-state index contributed by atoms with van der Waals surface area (Å²) in [6, 6.07) is 3.57. The molecule has 1 fully saturated rings. The number of anilines is 1. The van der Waals surface area contributed by atoms with Crippen molar-refractivity contribution in [2.75, 3.05) is 31.5 Å². The molecule has 0 radical (unpaired) electrons. The summed E-state index contributed by atoms with van der Waals surface area (Å²) in [5, 5.41) is 9.28. The molecule has 1 N–H and O–H groups in total. The fourth-order valence-corrected chi connectivity index (χ4v) is 3.74. The van der Waals surface area contributed by atoms with Crippen molar-refractivity contribution in [3.8, 4) is 0 Å². The zero-order valence-electron chi connectivity index (χ0n) is 14.8. The summed E-state index contributed by atoms with van der Waals surface area (Å²) >= 11 is 1.45. The van der Waals surface area contributed by atoms with E-state index in [0.29, 0.717) is 26.2 Å². The summed E-state index contributed by atoms with van der Waals surface area (Å²) in [7, 11) is 1.83. The van der Waals surface area contributed by atoms with Crippen LogP contribution in [0, 0.1) is 6.92 Å². The highest BCUT2D eigenvalue weighted by molar-refractivity contribution is 7.12. The maximum Gasteiger partial charge on any atom is 0.323 e. The highest BCUT2D eigenvalue weighted by atomic mass is 32.1. The molecule has 3 rings (SSSR count). The number of carbonyl (C=O) groups is 2. The number of thiophene rings is 1. The summed E-state index contributed by atoms with van der Waals surface area (Å²) in [6.45, 7) is 6.17. The second-order valence-electron chi connectivity index (χ2n) is 6.08. The molecule has 134 valence electrons. The van der Waals surface area contributed by atoms with Gasteiger partial charge in [0.05, 0.1) is 10.6 Å². The van der Waals surface area contributed by atoms with Crippen LogP contribution in [0.5, 0.6) is 0 Å². The maximum absolute atomic E-state index is 12.5.